The van der Waals surface area contributed by atoms with Gasteiger partial charge in [-0.1, -0.05) is 18.2 Å². The van der Waals surface area contributed by atoms with Crippen molar-refractivity contribution in [2.24, 2.45) is 0 Å². The van der Waals surface area contributed by atoms with E-state index < -0.39 is 15.7 Å². The lowest BCUT2D eigenvalue weighted by molar-refractivity contribution is 0.289. The zero-order valence-corrected chi connectivity index (χ0v) is 12.8. The van der Waals surface area contributed by atoms with Gasteiger partial charge in [0.25, 0.3) is 0 Å². The maximum Gasteiger partial charge on any atom is 0.308 e. The molecule has 1 aromatic carbocycles. The van der Waals surface area contributed by atoms with Crippen LogP contribution in [-0.4, -0.2) is 29.3 Å². The molecule has 2 aromatic rings. The van der Waals surface area contributed by atoms with Crippen LogP contribution in [0.15, 0.2) is 30.5 Å². The van der Waals surface area contributed by atoms with E-state index in [1.165, 1.54) is 8.28 Å². The van der Waals surface area contributed by atoms with Crippen LogP contribution in [-0.2, 0) is 10.2 Å². The van der Waals surface area contributed by atoms with E-state index in [-0.39, 0.29) is 0 Å². The first-order chi connectivity index (χ1) is 8.65. The Hall–Kier alpha value is -1.33. The second-order valence-corrected chi connectivity index (χ2v) is 7.61. The van der Waals surface area contributed by atoms with Gasteiger partial charge in [0, 0.05) is 24.2 Å². The molecule has 0 N–H and O–H groups in total. The van der Waals surface area contributed by atoms with Crippen molar-refractivity contribution in [2.45, 2.75) is 33.2 Å². The molecule has 0 saturated heterocycles. The second kappa shape index (κ2) is 4.35. The zero-order chi connectivity index (χ0) is 14.4. The van der Waals surface area contributed by atoms with Gasteiger partial charge in [-0.3, -0.25) is 0 Å². The molecule has 4 nitrogen and oxygen atoms in total. The van der Waals surface area contributed by atoms with E-state index in [0.717, 1.165) is 16.5 Å². The summed E-state index contributed by atoms with van der Waals surface area (Å²) in [6, 6.07) is 7.54. The molecule has 0 aliphatic carbocycles. The van der Waals surface area contributed by atoms with Crippen molar-refractivity contribution in [2.75, 3.05) is 7.05 Å². The van der Waals surface area contributed by atoms with Crippen molar-refractivity contribution in [3.05, 3.63) is 36.0 Å². The van der Waals surface area contributed by atoms with Gasteiger partial charge in [-0.2, -0.15) is 12.7 Å². The Morgan fingerprint density at radius 1 is 1.16 bits per heavy atom. The standard InChI is InChI=1S/C14H20N2O2S/c1-11-10-16(13-9-7-6-8-12(11)13)19(17,18)15(5)14(2,3)4/h6-10H,1-5H3. The number of fused-ring (bicyclic) bond motifs is 1. The van der Waals surface area contributed by atoms with E-state index in [0.29, 0.717) is 0 Å². The van der Waals surface area contributed by atoms with Gasteiger partial charge in [0.05, 0.1) is 5.52 Å². The number of nitrogens with zero attached hydrogens (tertiary/aromatic N) is 2. The number of aromatic nitrogens is 1. The highest BCUT2D eigenvalue weighted by atomic mass is 32.2. The smallest absolute Gasteiger partial charge is 0.232 e. The Kier molecular flexibility index (Phi) is 3.23. The zero-order valence-electron chi connectivity index (χ0n) is 12.0. The Morgan fingerprint density at radius 2 is 1.74 bits per heavy atom. The lowest BCUT2D eigenvalue weighted by Gasteiger charge is -2.31. The van der Waals surface area contributed by atoms with Crippen LogP contribution in [0.2, 0.25) is 0 Å². The van der Waals surface area contributed by atoms with Crippen LogP contribution in [0.3, 0.4) is 0 Å². The van der Waals surface area contributed by atoms with Crippen molar-refractivity contribution in [1.29, 1.82) is 0 Å². The highest BCUT2D eigenvalue weighted by Gasteiger charge is 2.31. The second-order valence-electron chi connectivity index (χ2n) is 5.77. The maximum absolute atomic E-state index is 12.7. The first-order valence-corrected chi connectivity index (χ1v) is 7.61. The van der Waals surface area contributed by atoms with E-state index in [4.69, 9.17) is 0 Å². The van der Waals surface area contributed by atoms with Crippen molar-refractivity contribution in [3.8, 4) is 0 Å². The van der Waals surface area contributed by atoms with Crippen LogP contribution in [0.5, 0.6) is 0 Å². The number of hydrogen-bond acceptors (Lipinski definition) is 2. The molecule has 0 radical (unpaired) electrons. The number of aryl methyl sites for hydroxylation is 1. The first kappa shape index (κ1) is 14.1. The van der Waals surface area contributed by atoms with E-state index >= 15 is 0 Å². The number of rotatable bonds is 2. The van der Waals surface area contributed by atoms with Crippen LogP contribution >= 0.6 is 0 Å². The lowest BCUT2D eigenvalue weighted by atomic mass is 10.1. The molecule has 0 bridgehead atoms. The van der Waals surface area contributed by atoms with E-state index in [1.54, 1.807) is 13.2 Å². The van der Waals surface area contributed by atoms with E-state index in [1.807, 2.05) is 52.0 Å². The van der Waals surface area contributed by atoms with Crippen LogP contribution in [0, 0.1) is 6.92 Å². The molecular formula is C14H20N2O2S. The summed E-state index contributed by atoms with van der Waals surface area (Å²) in [5.41, 5.74) is 1.22. The fraction of sp³-hybridized carbons (Fsp3) is 0.429. The van der Waals surface area contributed by atoms with Crippen molar-refractivity contribution < 1.29 is 8.42 Å². The molecule has 0 amide bonds. The molecule has 1 heterocycles. The molecule has 0 aliphatic rings. The number of benzene rings is 1. The maximum atomic E-state index is 12.7. The predicted octanol–water partition coefficient (Wildman–Crippen LogP) is 2.77. The van der Waals surface area contributed by atoms with Crippen molar-refractivity contribution >= 4 is 21.1 Å². The fourth-order valence-electron chi connectivity index (χ4n) is 1.98. The lowest BCUT2D eigenvalue weighted by Crippen LogP contribution is -2.44. The molecular weight excluding hydrogens is 260 g/mol. The average molecular weight is 280 g/mol. The molecule has 19 heavy (non-hydrogen) atoms. The molecule has 0 saturated carbocycles. The third-order valence-corrected chi connectivity index (χ3v) is 5.46. The van der Waals surface area contributed by atoms with Gasteiger partial charge in [-0.05, 0) is 39.3 Å². The Labute approximate surface area is 114 Å². The highest BCUT2D eigenvalue weighted by Crippen LogP contribution is 2.25. The van der Waals surface area contributed by atoms with Crippen LogP contribution in [0.25, 0.3) is 10.9 Å². The fourth-order valence-corrected chi connectivity index (χ4v) is 3.64. The predicted molar refractivity (Wildman–Crippen MR) is 78.5 cm³/mol. The van der Waals surface area contributed by atoms with E-state index in [2.05, 4.69) is 0 Å². The average Bonchev–Trinajstić information content (AvgIpc) is 2.66. The first-order valence-electron chi connectivity index (χ1n) is 6.22. The monoisotopic (exact) mass is 280 g/mol. The third kappa shape index (κ3) is 2.28. The topological polar surface area (TPSA) is 42.3 Å². The van der Waals surface area contributed by atoms with Gasteiger partial charge < -0.3 is 0 Å². The summed E-state index contributed by atoms with van der Waals surface area (Å²) >= 11 is 0. The molecule has 0 unspecified atom stereocenters. The van der Waals surface area contributed by atoms with Crippen molar-refractivity contribution in [3.63, 3.8) is 0 Å². The van der Waals surface area contributed by atoms with Crippen molar-refractivity contribution in [1.82, 2.24) is 8.28 Å². The molecule has 0 spiro atoms. The summed E-state index contributed by atoms with van der Waals surface area (Å²) in [4.78, 5) is 0. The van der Waals surface area contributed by atoms with Crippen LogP contribution in [0.4, 0.5) is 0 Å². The number of hydrogen-bond donors (Lipinski definition) is 0. The summed E-state index contributed by atoms with van der Waals surface area (Å²) < 4.78 is 28.1. The Balaban J connectivity index is 2.69. The van der Waals surface area contributed by atoms with Gasteiger partial charge in [-0.25, -0.2) is 3.97 Å². The molecule has 1 aromatic heterocycles. The Bertz CT molecular complexity index is 709. The summed E-state index contributed by atoms with van der Waals surface area (Å²) in [6.45, 7) is 7.56. The molecule has 0 aliphatic heterocycles. The quantitative estimate of drug-likeness (QED) is 0.849. The van der Waals surface area contributed by atoms with Crippen LogP contribution < -0.4 is 0 Å². The highest BCUT2D eigenvalue weighted by molar-refractivity contribution is 7.87. The summed E-state index contributed by atoms with van der Waals surface area (Å²) in [5.74, 6) is 0. The Morgan fingerprint density at radius 3 is 2.32 bits per heavy atom. The molecule has 5 heteroatoms. The summed E-state index contributed by atoms with van der Waals surface area (Å²) in [6.07, 6.45) is 1.68. The minimum atomic E-state index is -3.55. The minimum Gasteiger partial charge on any atom is -0.232 e. The molecule has 0 atom stereocenters. The van der Waals surface area contributed by atoms with Gasteiger partial charge in [0.1, 0.15) is 0 Å². The molecule has 2 rings (SSSR count). The normalized spacial score (nSPS) is 13.4. The largest absolute Gasteiger partial charge is 0.308 e. The summed E-state index contributed by atoms with van der Waals surface area (Å²) in [5, 5.41) is 0.966. The third-order valence-electron chi connectivity index (χ3n) is 3.42. The van der Waals surface area contributed by atoms with Gasteiger partial charge >= 0.3 is 10.2 Å². The van der Waals surface area contributed by atoms with Gasteiger partial charge in [0.15, 0.2) is 0 Å². The minimum absolute atomic E-state index is 0.460. The number of para-hydroxylation sites is 1. The SMILES string of the molecule is Cc1cn(S(=O)(=O)N(C)C(C)(C)C)c2ccccc12. The molecule has 0 fully saturated rings. The van der Waals surface area contributed by atoms with Gasteiger partial charge in [0.2, 0.25) is 0 Å². The molecule has 104 valence electrons. The van der Waals surface area contributed by atoms with Crippen LogP contribution in [0.1, 0.15) is 26.3 Å². The van der Waals surface area contributed by atoms with E-state index in [9.17, 15) is 8.42 Å². The van der Waals surface area contributed by atoms with Gasteiger partial charge in [-0.15, -0.1) is 0 Å². The summed E-state index contributed by atoms with van der Waals surface area (Å²) in [7, 11) is -1.94.